The van der Waals surface area contributed by atoms with Crippen LogP contribution < -0.4 is 0 Å². The van der Waals surface area contributed by atoms with Gasteiger partial charge in [0.05, 0.1) is 30.6 Å². The van der Waals surface area contributed by atoms with Crippen molar-refractivity contribution in [3.63, 3.8) is 0 Å². The molecule has 3 aliphatic rings. The Morgan fingerprint density at radius 1 is 1.21 bits per heavy atom. The number of hydrogen-bond acceptors (Lipinski definition) is 5. The normalized spacial score (nSPS) is 28.5. The Hall–Kier alpha value is -1.37. The van der Waals surface area contributed by atoms with E-state index >= 15 is 0 Å². The molecule has 3 aliphatic heterocycles. The first kappa shape index (κ1) is 16.1. The van der Waals surface area contributed by atoms with Crippen molar-refractivity contribution >= 4 is 5.91 Å². The van der Waals surface area contributed by atoms with Gasteiger partial charge in [0.15, 0.2) is 0 Å². The average molecular weight is 333 g/mol. The largest absolute Gasteiger partial charge is 0.469 e. The summed E-state index contributed by atoms with van der Waals surface area (Å²) in [7, 11) is 0. The molecule has 1 aromatic heterocycles. The number of likely N-dealkylation sites (tertiary alicyclic amines) is 2. The van der Waals surface area contributed by atoms with Crippen molar-refractivity contribution in [2.24, 2.45) is 0 Å². The zero-order valence-electron chi connectivity index (χ0n) is 14.4. The molecule has 1 aromatic rings. The van der Waals surface area contributed by atoms with E-state index in [2.05, 4.69) is 9.80 Å². The second-order valence-electron chi connectivity index (χ2n) is 7.16. The third-order valence-electron chi connectivity index (χ3n) is 5.69. The van der Waals surface area contributed by atoms with Gasteiger partial charge >= 0.3 is 0 Å². The second-order valence-corrected chi connectivity index (χ2v) is 7.16. The quantitative estimate of drug-likeness (QED) is 0.829. The Balaban J connectivity index is 1.38. The summed E-state index contributed by atoms with van der Waals surface area (Å²) in [5, 5.41) is 0. The standard InChI is InChI=1S/C18H27N3O3/c1-14-15(4-10-23-14)18(22)21-12-16-17(13-21)24-11-9-20(16)8-7-19-5-2-3-6-19/h4,10,16-17H,2-3,5-9,11-13H2,1H3/t16-,17+/m1/s1. The van der Waals surface area contributed by atoms with E-state index in [1.807, 2.05) is 11.8 Å². The lowest BCUT2D eigenvalue weighted by Crippen LogP contribution is -2.52. The van der Waals surface area contributed by atoms with Crippen LogP contribution in [-0.2, 0) is 4.74 Å². The number of carbonyl (C=O) groups is 1. The molecule has 4 heterocycles. The Bertz CT molecular complexity index is 582. The lowest BCUT2D eigenvalue weighted by atomic mass is 10.1. The Morgan fingerprint density at radius 2 is 2.04 bits per heavy atom. The van der Waals surface area contributed by atoms with E-state index in [1.165, 1.54) is 25.9 Å². The van der Waals surface area contributed by atoms with E-state index < -0.39 is 0 Å². The fourth-order valence-corrected chi connectivity index (χ4v) is 4.26. The maximum absolute atomic E-state index is 12.7. The summed E-state index contributed by atoms with van der Waals surface area (Å²) in [6, 6.07) is 2.10. The second kappa shape index (κ2) is 6.86. The monoisotopic (exact) mass is 333 g/mol. The highest BCUT2D eigenvalue weighted by molar-refractivity contribution is 5.95. The van der Waals surface area contributed by atoms with Crippen LogP contribution in [0, 0.1) is 6.92 Å². The van der Waals surface area contributed by atoms with Crippen molar-refractivity contribution in [2.75, 3.05) is 52.4 Å². The molecule has 0 N–H and O–H groups in total. The van der Waals surface area contributed by atoms with Crippen molar-refractivity contribution in [1.29, 1.82) is 0 Å². The van der Waals surface area contributed by atoms with Gasteiger partial charge in [-0.2, -0.15) is 0 Å². The molecule has 0 saturated carbocycles. The number of amides is 1. The predicted molar refractivity (Wildman–Crippen MR) is 90.1 cm³/mol. The summed E-state index contributed by atoms with van der Waals surface area (Å²) < 4.78 is 11.2. The van der Waals surface area contributed by atoms with Crippen LogP contribution in [0.2, 0.25) is 0 Å². The molecule has 24 heavy (non-hydrogen) atoms. The van der Waals surface area contributed by atoms with E-state index in [0.717, 1.165) is 32.8 Å². The minimum absolute atomic E-state index is 0.0683. The minimum Gasteiger partial charge on any atom is -0.469 e. The van der Waals surface area contributed by atoms with Gasteiger partial charge in [-0.15, -0.1) is 0 Å². The fourth-order valence-electron chi connectivity index (χ4n) is 4.26. The number of hydrogen-bond donors (Lipinski definition) is 0. The summed E-state index contributed by atoms with van der Waals surface area (Å²) in [5.74, 6) is 0.764. The lowest BCUT2D eigenvalue weighted by molar-refractivity contribution is -0.0487. The summed E-state index contributed by atoms with van der Waals surface area (Å²) >= 11 is 0. The first-order valence-electron chi connectivity index (χ1n) is 9.14. The van der Waals surface area contributed by atoms with Crippen LogP contribution in [0.1, 0.15) is 29.0 Å². The number of nitrogens with zero attached hydrogens (tertiary/aromatic N) is 3. The molecule has 6 heteroatoms. The minimum atomic E-state index is 0.0683. The van der Waals surface area contributed by atoms with Crippen LogP contribution in [0.4, 0.5) is 0 Å². The number of fused-ring (bicyclic) bond motifs is 1. The number of furan rings is 1. The van der Waals surface area contributed by atoms with Gasteiger partial charge in [-0.05, 0) is 38.9 Å². The highest BCUT2D eigenvalue weighted by Gasteiger charge is 2.42. The summed E-state index contributed by atoms with van der Waals surface area (Å²) in [5.41, 5.74) is 0.678. The first-order chi connectivity index (χ1) is 11.7. The molecule has 1 amide bonds. The number of rotatable bonds is 4. The van der Waals surface area contributed by atoms with Crippen molar-refractivity contribution in [3.8, 4) is 0 Å². The molecule has 0 bridgehead atoms. The maximum Gasteiger partial charge on any atom is 0.257 e. The van der Waals surface area contributed by atoms with Crippen molar-refractivity contribution in [1.82, 2.24) is 14.7 Å². The molecule has 3 fully saturated rings. The highest BCUT2D eigenvalue weighted by atomic mass is 16.5. The predicted octanol–water partition coefficient (Wildman–Crippen LogP) is 1.21. The van der Waals surface area contributed by atoms with Gasteiger partial charge in [0.2, 0.25) is 0 Å². The molecule has 3 saturated heterocycles. The van der Waals surface area contributed by atoms with Gasteiger partial charge in [-0.25, -0.2) is 0 Å². The van der Waals surface area contributed by atoms with E-state index in [9.17, 15) is 4.79 Å². The summed E-state index contributed by atoms with van der Waals surface area (Å²) in [6.07, 6.45) is 4.40. The van der Waals surface area contributed by atoms with Crippen molar-refractivity contribution in [3.05, 3.63) is 23.7 Å². The zero-order valence-corrected chi connectivity index (χ0v) is 14.4. The number of carbonyl (C=O) groups excluding carboxylic acids is 1. The zero-order chi connectivity index (χ0) is 16.5. The Morgan fingerprint density at radius 3 is 2.79 bits per heavy atom. The molecule has 0 aromatic carbocycles. The van der Waals surface area contributed by atoms with Crippen molar-refractivity contribution < 1.29 is 13.9 Å². The number of aryl methyl sites for hydroxylation is 1. The Labute approximate surface area is 143 Å². The van der Waals surface area contributed by atoms with Gasteiger partial charge in [-0.3, -0.25) is 9.69 Å². The molecule has 0 spiro atoms. The molecule has 2 atom stereocenters. The first-order valence-corrected chi connectivity index (χ1v) is 9.14. The van der Waals surface area contributed by atoms with Crippen LogP contribution >= 0.6 is 0 Å². The SMILES string of the molecule is Cc1occc1C(=O)N1C[C@@H]2OCCN(CCN3CCCC3)[C@@H]2C1. The molecule has 132 valence electrons. The third-order valence-corrected chi connectivity index (χ3v) is 5.69. The lowest BCUT2D eigenvalue weighted by Gasteiger charge is -2.37. The molecule has 0 aliphatic carbocycles. The van der Waals surface area contributed by atoms with E-state index in [0.29, 0.717) is 23.9 Å². The van der Waals surface area contributed by atoms with Crippen LogP contribution in [0.5, 0.6) is 0 Å². The van der Waals surface area contributed by atoms with Gasteiger partial charge in [-0.1, -0.05) is 0 Å². The molecule has 4 rings (SSSR count). The molecule has 6 nitrogen and oxygen atoms in total. The fraction of sp³-hybridized carbons (Fsp3) is 0.722. The van der Waals surface area contributed by atoms with E-state index in [4.69, 9.17) is 9.15 Å². The topological polar surface area (TPSA) is 49.2 Å². The van der Waals surface area contributed by atoms with Crippen LogP contribution in [-0.4, -0.2) is 85.2 Å². The van der Waals surface area contributed by atoms with Gasteiger partial charge in [0.25, 0.3) is 5.91 Å². The summed E-state index contributed by atoms with van der Waals surface area (Å²) in [4.78, 5) is 19.7. The van der Waals surface area contributed by atoms with Crippen LogP contribution in [0.15, 0.2) is 16.7 Å². The number of ether oxygens (including phenoxy) is 1. The van der Waals surface area contributed by atoms with Crippen LogP contribution in [0.3, 0.4) is 0 Å². The smallest absolute Gasteiger partial charge is 0.257 e. The average Bonchev–Trinajstić information content (AvgIpc) is 3.32. The number of morpholine rings is 1. The van der Waals surface area contributed by atoms with Gasteiger partial charge in [0, 0.05) is 32.7 Å². The third kappa shape index (κ3) is 3.10. The molecular weight excluding hydrogens is 306 g/mol. The van der Waals surface area contributed by atoms with Gasteiger partial charge in [0.1, 0.15) is 5.76 Å². The molecule has 0 unspecified atom stereocenters. The molecular formula is C18H27N3O3. The van der Waals surface area contributed by atoms with E-state index in [1.54, 1.807) is 12.3 Å². The van der Waals surface area contributed by atoms with Crippen LogP contribution in [0.25, 0.3) is 0 Å². The molecule has 0 radical (unpaired) electrons. The summed E-state index contributed by atoms with van der Waals surface area (Å²) in [6.45, 7) is 9.73. The Kier molecular flexibility index (Phi) is 4.61. The maximum atomic E-state index is 12.7. The van der Waals surface area contributed by atoms with Gasteiger partial charge < -0.3 is 19.0 Å². The highest BCUT2D eigenvalue weighted by Crippen LogP contribution is 2.25. The van der Waals surface area contributed by atoms with Crippen molar-refractivity contribution in [2.45, 2.75) is 31.9 Å². The van der Waals surface area contributed by atoms with E-state index in [-0.39, 0.29) is 12.0 Å².